The number of hydrogen-bond acceptors (Lipinski definition) is 3. The minimum Gasteiger partial charge on any atom is -0.489 e. The highest BCUT2D eigenvalue weighted by atomic mass is 16.5. The fourth-order valence-electron chi connectivity index (χ4n) is 7.37. The van der Waals surface area contributed by atoms with E-state index in [4.69, 9.17) is 14.2 Å². The summed E-state index contributed by atoms with van der Waals surface area (Å²) in [6.07, 6.45) is 3.70. The molecular weight excluding hydrogens is 637 g/mol. The number of ether oxygens (including phenoxy) is 3. The van der Waals surface area contributed by atoms with Gasteiger partial charge in [-0.15, -0.1) is 0 Å². The standard InChI is InChI=1S/C49H36O3/c1-3-32-9-13-34(14-10-32)30-50-41-23-19-37-21-25-45-48(43(37)28-41)47(40-18-17-36-7-5-6-8-39(36)27-40)49-44-29-42(24-20-38(44)22-26-46(49)52-45)51-31-35-15-11-33(4-2)12-16-35/h3-29,47H,1-2,30-31H2. The second kappa shape index (κ2) is 13.3. The summed E-state index contributed by atoms with van der Waals surface area (Å²) in [7, 11) is 0. The molecule has 0 spiro atoms. The van der Waals surface area contributed by atoms with Crippen molar-refractivity contribution in [3.8, 4) is 23.0 Å². The van der Waals surface area contributed by atoms with Crippen molar-refractivity contribution in [3.05, 3.63) is 204 Å². The molecule has 9 rings (SSSR count). The molecule has 0 saturated heterocycles. The molecule has 1 aliphatic heterocycles. The van der Waals surface area contributed by atoms with Gasteiger partial charge in [-0.05, 0) is 96.5 Å². The second-order valence-electron chi connectivity index (χ2n) is 13.3. The maximum atomic E-state index is 6.82. The van der Waals surface area contributed by atoms with Crippen LogP contribution >= 0.6 is 0 Å². The molecule has 0 fully saturated rings. The third-order valence-electron chi connectivity index (χ3n) is 10.1. The molecule has 0 bridgehead atoms. The van der Waals surface area contributed by atoms with E-state index in [0.717, 1.165) is 77.9 Å². The Balaban J connectivity index is 1.17. The van der Waals surface area contributed by atoms with E-state index in [1.807, 2.05) is 12.2 Å². The SMILES string of the molecule is C=Cc1ccc(COc2ccc3ccc4c(c3c2)C(c2ccc3ccccc3c2)c2c(ccc3ccc(OCc5ccc(C=C)cc5)cc23)O4)cc1. The van der Waals surface area contributed by atoms with Gasteiger partial charge in [-0.1, -0.05) is 141 Å². The Hall–Kier alpha value is -6.58. The highest BCUT2D eigenvalue weighted by molar-refractivity contribution is 5.96. The first-order valence-electron chi connectivity index (χ1n) is 17.6. The van der Waals surface area contributed by atoms with Gasteiger partial charge in [0.25, 0.3) is 0 Å². The highest BCUT2D eigenvalue weighted by Crippen LogP contribution is 2.53. The Bertz CT molecular complexity index is 2490. The Morgan fingerprint density at radius 2 is 0.962 bits per heavy atom. The van der Waals surface area contributed by atoms with E-state index in [1.165, 1.54) is 16.3 Å². The average Bonchev–Trinajstić information content (AvgIpc) is 3.21. The van der Waals surface area contributed by atoms with E-state index >= 15 is 0 Å². The Morgan fingerprint density at radius 1 is 0.481 bits per heavy atom. The number of fused-ring (bicyclic) bond motifs is 7. The van der Waals surface area contributed by atoms with Crippen molar-refractivity contribution in [2.45, 2.75) is 19.1 Å². The molecule has 0 aromatic heterocycles. The summed E-state index contributed by atoms with van der Waals surface area (Å²) in [6, 6.07) is 53.2. The molecule has 0 radical (unpaired) electrons. The first-order valence-corrected chi connectivity index (χ1v) is 17.6. The van der Waals surface area contributed by atoms with Crippen LogP contribution in [0.25, 0.3) is 44.5 Å². The normalized spacial score (nSPS) is 12.2. The lowest BCUT2D eigenvalue weighted by Crippen LogP contribution is -2.13. The topological polar surface area (TPSA) is 27.7 Å². The zero-order valence-electron chi connectivity index (χ0n) is 28.7. The first kappa shape index (κ1) is 31.4. The number of hydrogen-bond donors (Lipinski definition) is 0. The van der Waals surface area contributed by atoms with Crippen molar-refractivity contribution >= 4 is 44.5 Å². The molecule has 8 aromatic rings. The molecular formula is C49H36O3. The molecule has 250 valence electrons. The van der Waals surface area contributed by atoms with Gasteiger partial charge in [-0.25, -0.2) is 0 Å². The van der Waals surface area contributed by atoms with Crippen LogP contribution in [0.3, 0.4) is 0 Å². The van der Waals surface area contributed by atoms with Crippen molar-refractivity contribution in [2.24, 2.45) is 0 Å². The molecule has 3 nitrogen and oxygen atoms in total. The molecule has 3 heteroatoms. The van der Waals surface area contributed by atoms with Gasteiger partial charge in [0, 0.05) is 17.0 Å². The van der Waals surface area contributed by atoms with E-state index in [2.05, 4.69) is 165 Å². The summed E-state index contributed by atoms with van der Waals surface area (Å²) in [5.41, 5.74) is 7.84. The fraction of sp³-hybridized carbons (Fsp3) is 0.0612. The third kappa shape index (κ3) is 5.87. The average molecular weight is 673 g/mol. The van der Waals surface area contributed by atoms with Gasteiger partial charge < -0.3 is 14.2 Å². The summed E-state index contributed by atoms with van der Waals surface area (Å²) in [5.74, 6) is 3.22. The van der Waals surface area contributed by atoms with Gasteiger partial charge in [0.2, 0.25) is 0 Å². The zero-order valence-corrected chi connectivity index (χ0v) is 28.7. The van der Waals surface area contributed by atoms with E-state index in [0.29, 0.717) is 13.2 Å². The minimum absolute atomic E-state index is 0.112. The molecule has 0 saturated carbocycles. The molecule has 0 atom stereocenters. The van der Waals surface area contributed by atoms with Gasteiger partial charge in [0.15, 0.2) is 0 Å². The van der Waals surface area contributed by atoms with Crippen molar-refractivity contribution in [1.82, 2.24) is 0 Å². The van der Waals surface area contributed by atoms with Gasteiger partial charge in [-0.3, -0.25) is 0 Å². The summed E-state index contributed by atoms with van der Waals surface area (Å²) in [4.78, 5) is 0. The van der Waals surface area contributed by atoms with E-state index in [9.17, 15) is 0 Å². The van der Waals surface area contributed by atoms with Gasteiger partial charge in [-0.2, -0.15) is 0 Å². The van der Waals surface area contributed by atoms with Crippen LogP contribution in [0.5, 0.6) is 23.0 Å². The Labute approximate surface area is 303 Å². The van der Waals surface area contributed by atoms with Crippen LogP contribution in [0.2, 0.25) is 0 Å². The second-order valence-corrected chi connectivity index (χ2v) is 13.3. The molecule has 1 heterocycles. The summed E-state index contributed by atoms with van der Waals surface area (Å²) < 4.78 is 19.6. The predicted molar refractivity (Wildman–Crippen MR) is 215 cm³/mol. The van der Waals surface area contributed by atoms with Gasteiger partial charge in [0.05, 0.1) is 0 Å². The highest BCUT2D eigenvalue weighted by Gasteiger charge is 2.32. The predicted octanol–water partition coefficient (Wildman–Crippen LogP) is 12.9. The van der Waals surface area contributed by atoms with Crippen LogP contribution in [0.4, 0.5) is 0 Å². The summed E-state index contributed by atoms with van der Waals surface area (Å²) >= 11 is 0. The molecule has 0 amide bonds. The quantitative estimate of drug-likeness (QED) is 0.153. The molecule has 52 heavy (non-hydrogen) atoms. The van der Waals surface area contributed by atoms with Gasteiger partial charge in [0.1, 0.15) is 36.2 Å². The molecule has 0 N–H and O–H groups in total. The maximum Gasteiger partial charge on any atom is 0.132 e. The monoisotopic (exact) mass is 672 g/mol. The van der Waals surface area contributed by atoms with Crippen molar-refractivity contribution in [1.29, 1.82) is 0 Å². The largest absolute Gasteiger partial charge is 0.489 e. The van der Waals surface area contributed by atoms with Crippen LogP contribution in [-0.2, 0) is 13.2 Å². The number of benzene rings is 8. The molecule has 0 aliphatic carbocycles. The van der Waals surface area contributed by atoms with Crippen molar-refractivity contribution in [3.63, 3.8) is 0 Å². The summed E-state index contributed by atoms with van der Waals surface area (Å²) in [6.45, 7) is 8.68. The lowest BCUT2D eigenvalue weighted by Gasteiger charge is -2.31. The smallest absolute Gasteiger partial charge is 0.132 e. The molecule has 0 unspecified atom stereocenters. The Morgan fingerprint density at radius 3 is 1.48 bits per heavy atom. The number of rotatable bonds is 9. The molecule has 1 aliphatic rings. The van der Waals surface area contributed by atoms with E-state index in [-0.39, 0.29) is 5.92 Å². The Kier molecular flexibility index (Phi) is 8.02. The van der Waals surface area contributed by atoms with Gasteiger partial charge >= 0.3 is 0 Å². The van der Waals surface area contributed by atoms with Crippen LogP contribution in [0, 0.1) is 0 Å². The van der Waals surface area contributed by atoms with Crippen LogP contribution in [0.1, 0.15) is 44.9 Å². The lowest BCUT2D eigenvalue weighted by atomic mass is 9.78. The van der Waals surface area contributed by atoms with Crippen molar-refractivity contribution in [2.75, 3.05) is 0 Å². The maximum absolute atomic E-state index is 6.82. The van der Waals surface area contributed by atoms with Crippen LogP contribution in [-0.4, -0.2) is 0 Å². The third-order valence-corrected chi connectivity index (χ3v) is 10.1. The van der Waals surface area contributed by atoms with E-state index in [1.54, 1.807) is 0 Å². The first-order chi connectivity index (χ1) is 25.6. The van der Waals surface area contributed by atoms with Crippen molar-refractivity contribution < 1.29 is 14.2 Å². The van der Waals surface area contributed by atoms with E-state index < -0.39 is 0 Å². The van der Waals surface area contributed by atoms with Crippen LogP contribution < -0.4 is 14.2 Å². The fourth-order valence-corrected chi connectivity index (χ4v) is 7.37. The minimum atomic E-state index is -0.112. The zero-order chi connectivity index (χ0) is 35.0. The summed E-state index contributed by atoms with van der Waals surface area (Å²) in [5, 5.41) is 6.88. The van der Waals surface area contributed by atoms with Crippen LogP contribution in [0.15, 0.2) is 165 Å². The lowest BCUT2D eigenvalue weighted by molar-refractivity contribution is 0.306. The molecule has 8 aromatic carbocycles.